The fourth-order valence-corrected chi connectivity index (χ4v) is 4.02. The molecular formula is C15H15BrN2O. The van der Waals surface area contributed by atoms with Crippen molar-refractivity contribution in [1.82, 2.24) is 4.98 Å². The Morgan fingerprint density at radius 2 is 2.21 bits per heavy atom. The molecule has 2 heterocycles. The molecule has 1 aromatic heterocycles. The highest BCUT2D eigenvalue weighted by Crippen LogP contribution is 2.50. The molecule has 2 aliphatic rings. The number of carbonyl (C=O) groups is 1. The third-order valence-electron chi connectivity index (χ3n) is 3.89. The molecule has 1 aromatic rings. The Morgan fingerprint density at radius 3 is 2.89 bits per heavy atom. The van der Waals surface area contributed by atoms with Crippen molar-refractivity contribution >= 4 is 27.5 Å². The van der Waals surface area contributed by atoms with Crippen molar-refractivity contribution in [2.45, 2.75) is 18.7 Å². The van der Waals surface area contributed by atoms with Crippen molar-refractivity contribution in [2.24, 2.45) is 11.3 Å². The summed E-state index contributed by atoms with van der Waals surface area (Å²) in [6.45, 7) is 4.02. The molecule has 2 atom stereocenters. The summed E-state index contributed by atoms with van der Waals surface area (Å²) in [7, 11) is 0. The van der Waals surface area contributed by atoms with Crippen LogP contribution in [0.3, 0.4) is 0 Å². The minimum absolute atomic E-state index is 0.130. The molecule has 98 valence electrons. The third-order valence-corrected chi connectivity index (χ3v) is 4.73. The summed E-state index contributed by atoms with van der Waals surface area (Å²) < 4.78 is 0. The summed E-state index contributed by atoms with van der Waals surface area (Å²) in [5.74, 6) is 0.287. The zero-order valence-electron chi connectivity index (χ0n) is 10.9. The molecule has 2 unspecified atom stereocenters. The molecule has 3 rings (SSSR count). The van der Waals surface area contributed by atoms with E-state index in [1.54, 1.807) is 17.3 Å². The van der Waals surface area contributed by atoms with Crippen LogP contribution in [0.2, 0.25) is 0 Å². The van der Waals surface area contributed by atoms with Crippen LogP contribution in [-0.2, 0) is 4.79 Å². The van der Waals surface area contributed by atoms with Gasteiger partial charge in [-0.15, -0.1) is 0 Å². The number of pyridine rings is 1. The lowest BCUT2D eigenvalue weighted by Crippen LogP contribution is -2.33. The Balaban J connectivity index is 2.13. The molecule has 4 heteroatoms. The molecule has 3 nitrogen and oxygen atoms in total. The van der Waals surface area contributed by atoms with E-state index in [9.17, 15) is 4.79 Å². The van der Waals surface area contributed by atoms with Crippen LogP contribution >= 0.6 is 15.9 Å². The van der Waals surface area contributed by atoms with Gasteiger partial charge in [0.15, 0.2) is 0 Å². The zero-order valence-corrected chi connectivity index (χ0v) is 12.5. The van der Waals surface area contributed by atoms with Crippen LogP contribution in [0.15, 0.2) is 48.5 Å². The number of hydrogen-bond acceptors (Lipinski definition) is 2. The number of alkyl halides is 1. The first-order valence-electron chi connectivity index (χ1n) is 6.30. The van der Waals surface area contributed by atoms with Gasteiger partial charge >= 0.3 is 0 Å². The van der Waals surface area contributed by atoms with Crippen molar-refractivity contribution in [3.05, 3.63) is 48.5 Å². The van der Waals surface area contributed by atoms with Gasteiger partial charge in [-0.1, -0.05) is 41.9 Å². The Labute approximate surface area is 121 Å². The standard InChI is InChI=1S/C15H15BrN2O/c1-15(2)13-11(16)6-3-7-12(13)18(14(15)19)10-5-4-8-17-9-10/h3-9,11,13H,1-2H3. The van der Waals surface area contributed by atoms with E-state index in [0.717, 1.165) is 11.4 Å². The smallest absolute Gasteiger partial charge is 0.237 e. The predicted molar refractivity (Wildman–Crippen MR) is 78.9 cm³/mol. The normalized spacial score (nSPS) is 28.3. The van der Waals surface area contributed by atoms with Crippen molar-refractivity contribution in [3.63, 3.8) is 0 Å². The molecule has 0 spiro atoms. The highest BCUT2D eigenvalue weighted by molar-refractivity contribution is 9.09. The van der Waals surface area contributed by atoms with E-state index in [1.807, 2.05) is 38.1 Å². The van der Waals surface area contributed by atoms with Crippen LogP contribution in [0.5, 0.6) is 0 Å². The Bertz CT molecular complexity index is 577. The largest absolute Gasteiger partial charge is 0.282 e. The monoisotopic (exact) mass is 318 g/mol. The summed E-state index contributed by atoms with van der Waals surface area (Å²) in [6.07, 6.45) is 9.58. The number of halogens is 1. The molecule has 19 heavy (non-hydrogen) atoms. The van der Waals surface area contributed by atoms with Gasteiger partial charge in [-0.25, -0.2) is 0 Å². The molecule has 1 aliphatic heterocycles. The fourth-order valence-electron chi connectivity index (χ4n) is 2.91. The maximum atomic E-state index is 12.7. The first-order valence-corrected chi connectivity index (χ1v) is 7.22. The van der Waals surface area contributed by atoms with Gasteiger partial charge in [-0.3, -0.25) is 14.7 Å². The van der Waals surface area contributed by atoms with Crippen LogP contribution in [0.4, 0.5) is 5.69 Å². The molecule has 1 saturated heterocycles. The number of anilines is 1. The van der Waals surface area contributed by atoms with E-state index in [2.05, 4.69) is 27.0 Å². The SMILES string of the molecule is CC1(C)C(=O)N(c2cccnc2)C2=CC=CC(Br)C21. The van der Waals surface area contributed by atoms with E-state index in [1.165, 1.54) is 0 Å². The van der Waals surface area contributed by atoms with Crippen molar-refractivity contribution in [2.75, 3.05) is 4.90 Å². The molecule has 1 aliphatic carbocycles. The highest BCUT2D eigenvalue weighted by Gasteiger charge is 2.53. The number of carbonyl (C=O) groups excluding carboxylic acids is 1. The highest BCUT2D eigenvalue weighted by atomic mass is 79.9. The summed E-state index contributed by atoms with van der Waals surface area (Å²) >= 11 is 3.68. The molecule has 1 fully saturated rings. The minimum atomic E-state index is -0.416. The number of fused-ring (bicyclic) bond motifs is 1. The first-order chi connectivity index (χ1) is 9.03. The lowest BCUT2D eigenvalue weighted by atomic mass is 9.77. The van der Waals surface area contributed by atoms with Gasteiger partial charge in [0.25, 0.3) is 0 Å². The number of amides is 1. The van der Waals surface area contributed by atoms with Gasteiger partial charge in [0.2, 0.25) is 5.91 Å². The third kappa shape index (κ3) is 1.77. The molecule has 0 N–H and O–H groups in total. The lowest BCUT2D eigenvalue weighted by molar-refractivity contribution is -0.125. The average Bonchev–Trinajstić information content (AvgIpc) is 2.60. The van der Waals surface area contributed by atoms with Crippen molar-refractivity contribution in [1.29, 1.82) is 0 Å². The number of rotatable bonds is 1. The van der Waals surface area contributed by atoms with Gasteiger partial charge < -0.3 is 0 Å². The first kappa shape index (κ1) is 12.6. The van der Waals surface area contributed by atoms with E-state index >= 15 is 0 Å². The molecule has 0 aromatic carbocycles. The van der Waals surface area contributed by atoms with Gasteiger partial charge in [-0.05, 0) is 18.2 Å². The second-order valence-corrected chi connectivity index (χ2v) is 6.53. The zero-order chi connectivity index (χ0) is 13.6. The summed E-state index contributed by atoms with van der Waals surface area (Å²) in [5.41, 5.74) is 1.47. The van der Waals surface area contributed by atoms with E-state index in [-0.39, 0.29) is 16.7 Å². The summed E-state index contributed by atoms with van der Waals surface area (Å²) in [5, 5.41) is 0. The van der Waals surface area contributed by atoms with Gasteiger partial charge in [-0.2, -0.15) is 0 Å². The maximum Gasteiger partial charge on any atom is 0.237 e. The number of nitrogens with zero attached hydrogens (tertiary/aromatic N) is 2. The Kier molecular flexibility index (Phi) is 2.86. The minimum Gasteiger partial charge on any atom is -0.282 e. The van der Waals surface area contributed by atoms with Crippen LogP contribution in [0, 0.1) is 11.3 Å². The van der Waals surface area contributed by atoms with Crippen LogP contribution in [-0.4, -0.2) is 15.7 Å². The molecule has 0 saturated carbocycles. The molecular weight excluding hydrogens is 304 g/mol. The average molecular weight is 319 g/mol. The van der Waals surface area contributed by atoms with Gasteiger partial charge in [0.1, 0.15) is 0 Å². The van der Waals surface area contributed by atoms with Crippen molar-refractivity contribution < 1.29 is 4.79 Å². The van der Waals surface area contributed by atoms with Crippen LogP contribution in [0.1, 0.15) is 13.8 Å². The molecule has 0 bridgehead atoms. The summed E-state index contributed by atoms with van der Waals surface area (Å²) in [6, 6.07) is 3.78. The predicted octanol–water partition coefficient (Wildman–Crippen LogP) is 3.29. The number of hydrogen-bond donors (Lipinski definition) is 0. The van der Waals surface area contributed by atoms with E-state index in [0.29, 0.717) is 0 Å². The van der Waals surface area contributed by atoms with Gasteiger partial charge in [0, 0.05) is 22.6 Å². The van der Waals surface area contributed by atoms with Crippen molar-refractivity contribution in [3.8, 4) is 0 Å². The van der Waals surface area contributed by atoms with E-state index in [4.69, 9.17) is 0 Å². The fraction of sp³-hybridized carbons (Fsp3) is 0.333. The summed E-state index contributed by atoms with van der Waals surface area (Å²) in [4.78, 5) is 18.9. The van der Waals surface area contributed by atoms with Crippen LogP contribution < -0.4 is 4.90 Å². The number of allylic oxidation sites excluding steroid dienone is 4. The quantitative estimate of drug-likeness (QED) is 0.744. The van der Waals surface area contributed by atoms with E-state index < -0.39 is 5.41 Å². The second-order valence-electron chi connectivity index (χ2n) is 5.47. The molecule has 0 radical (unpaired) electrons. The Morgan fingerprint density at radius 1 is 1.42 bits per heavy atom. The Hall–Kier alpha value is -1.42. The van der Waals surface area contributed by atoms with Crippen LogP contribution in [0.25, 0.3) is 0 Å². The lowest BCUT2D eigenvalue weighted by Gasteiger charge is -2.28. The number of aromatic nitrogens is 1. The molecule has 1 amide bonds. The van der Waals surface area contributed by atoms with Gasteiger partial charge in [0.05, 0.1) is 17.3 Å². The topological polar surface area (TPSA) is 33.2 Å². The second kappa shape index (κ2) is 4.30. The maximum absolute atomic E-state index is 12.7.